The molecule has 0 saturated heterocycles. The second kappa shape index (κ2) is 5.47. The lowest BCUT2D eigenvalue weighted by molar-refractivity contribution is 0.0954. The van der Waals surface area contributed by atoms with E-state index in [1.54, 1.807) is 11.4 Å². The predicted molar refractivity (Wildman–Crippen MR) is 75.8 cm³/mol. The molecular formula is C9H6Br2N2O2S2. The van der Waals surface area contributed by atoms with Gasteiger partial charge in [0.1, 0.15) is 0 Å². The zero-order valence-electron chi connectivity index (χ0n) is 8.25. The van der Waals surface area contributed by atoms with Crippen LogP contribution in [0.4, 0.5) is 0 Å². The van der Waals surface area contributed by atoms with Crippen LogP contribution in [0, 0.1) is 0 Å². The van der Waals surface area contributed by atoms with E-state index in [0.717, 1.165) is 19.6 Å². The van der Waals surface area contributed by atoms with E-state index in [1.165, 1.54) is 11.3 Å². The molecule has 17 heavy (non-hydrogen) atoms. The average molecular weight is 398 g/mol. The molecule has 2 aromatic rings. The van der Waals surface area contributed by atoms with Crippen LogP contribution in [0.2, 0.25) is 0 Å². The van der Waals surface area contributed by atoms with Gasteiger partial charge in [-0.05, 0) is 37.9 Å². The maximum absolute atomic E-state index is 11.8. The van der Waals surface area contributed by atoms with Crippen molar-refractivity contribution >= 4 is 60.4 Å². The number of carbonyl (C=O) groups is 1. The van der Waals surface area contributed by atoms with E-state index < -0.39 is 0 Å². The summed E-state index contributed by atoms with van der Waals surface area (Å²) in [5, 5.41) is 4.43. The van der Waals surface area contributed by atoms with Gasteiger partial charge in [-0.1, -0.05) is 11.3 Å². The third-order valence-electron chi connectivity index (χ3n) is 1.88. The first-order chi connectivity index (χ1) is 8.06. The zero-order valence-corrected chi connectivity index (χ0v) is 13.1. The van der Waals surface area contributed by atoms with Crippen molar-refractivity contribution in [1.82, 2.24) is 10.3 Å². The Balaban J connectivity index is 2.00. The Labute approximate surface area is 121 Å². The van der Waals surface area contributed by atoms with Crippen LogP contribution < -0.4 is 10.2 Å². The highest BCUT2D eigenvalue weighted by molar-refractivity contribution is 9.13. The molecule has 0 radical (unpaired) electrons. The second-order valence-corrected chi connectivity index (χ2v) is 7.15. The molecule has 0 fully saturated rings. The molecule has 0 spiro atoms. The zero-order chi connectivity index (χ0) is 12.4. The lowest BCUT2D eigenvalue weighted by Gasteiger charge is -2.00. The van der Waals surface area contributed by atoms with Crippen LogP contribution in [0.3, 0.4) is 0 Å². The maximum Gasteiger partial charge on any atom is 0.304 e. The number of nitrogens with one attached hydrogen (secondary N) is 2. The minimum Gasteiger partial charge on any atom is -0.346 e. The van der Waals surface area contributed by atoms with Gasteiger partial charge in [0.05, 0.1) is 15.2 Å². The number of aromatic amines is 1. The van der Waals surface area contributed by atoms with E-state index in [-0.39, 0.29) is 10.8 Å². The highest BCUT2D eigenvalue weighted by Gasteiger charge is 2.11. The Morgan fingerprint density at radius 2 is 2.24 bits per heavy atom. The number of rotatable bonds is 3. The summed E-state index contributed by atoms with van der Waals surface area (Å²) in [4.78, 5) is 25.8. The first-order valence-electron chi connectivity index (χ1n) is 4.46. The standard InChI is InChI=1S/C9H6Br2N2O2S2/c10-5-1-6(17-7(5)11)8(14)12-2-4-3-16-9(15)13-4/h1,3H,2H2,(H,12,14)(H,13,15). The Morgan fingerprint density at radius 3 is 2.76 bits per heavy atom. The Bertz CT molecular complexity index is 583. The van der Waals surface area contributed by atoms with Gasteiger partial charge in [-0.15, -0.1) is 11.3 Å². The van der Waals surface area contributed by atoms with Crippen molar-refractivity contribution in [3.05, 3.63) is 39.9 Å². The lowest BCUT2D eigenvalue weighted by Crippen LogP contribution is -2.22. The summed E-state index contributed by atoms with van der Waals surface area (Å²) >= 11 is 9.09. The van der Waals surface area contributed by atoms with Crippen LogP contribution in [0.25, 0.3) is 0 Å². The van der Waals surface area contributed by atoms with Crippen LogP contribution in [0.5, 0.6) is 0 Å². The van der Waals surface area contributed by atoms with E-state index >= 15 is 0 Å². The number of halogens is 2. The van der Waals surface area contributed by atoms with Crippen molar-refractivity contribution in [1.29, 1.82) is 0 Å². The first kappa shape index (κ1) is 13.0. The van der Waals surface area contributed by atoms with E-state index in [2.05, 4.69) is 42.2 Å². The van der Waals surface area contributed by atoms with Crippen LogP contribution in [-0.2, 0) is 6.54 Å². The summed E-state index contributed by atoms with van der Waals surface area (Å²) in [7, 11) is 0. The van der Waals surface area contributed by atoms with Gasteiger partial charge >= 0.3 is 4.87 Å². The molecule has 0 atom stereocenters. The van der Waals surface area contributed by atoms with Crippen LogP contribution in [0.1, 0.15) is 15.4 Å². The largest absolute Gasteiger partial charge is 0.346 e. The fraction of sp³-hybridized carbons (Fsp3) is 0.111. The SMILES string of the molecule is O=C(NCc1csc(=O)[nH]1)c1cc(Br)c(Br)s1. The highest BCUT2D eigenvalue weighted by atomic mass is 79.9. The fourth-order valence-electron chi connectivity index (χ4n) is 1.12. The Hall–Kier alpha value is -0.440. The first-order valence-corrected chi connectivity index (χ1v) is 7.74. The molecule has 4 nitrogen and oxygen atoms in total. The second-order valence-electron chi connectivity index (χ2n) is 3.09. The number of H-pyrrole nitrogens is 1. The molecule has 90 valence electrons. The van der Waals surface area contributed by atoms with Crippen molar-refractivity contribution in [2.24, 2.45) is 0 Å². The highest BCUT2D eigenvalue weighted by Crippen LogP contribution is 2.32. The molecule has 2 N–H and O–H groups in total. The van der Waals surface area contributed by atoms with Gasteiger partial charge < -0.3 is 10.3 Å². The number of aromatic nitrogens is 1. The minimum atomic E-state index is -0.159. The number of thiophene rings is 1. The molecule has 8 heteroatoms. The van der Waals surface area contributed by atoms with Crippen molar-refractivity contribution < 1.29 is 4.79 Å². The molecule has 0 aromatic carbocycles. The summed E-state index contributed by atoms with van der Waals surface area (Å²) in [5.74, 6) is -0.159. The number of hydrogen-bond acceptors (Lipinski definition) is 4. The molecule has 2 rings (SSSR count). The summed E-state index contributed by atoms with van der Waals surface area (Å²) < 4.78 is 1.74. The van der Waals surface area contributed by atoms with Gasteiger partial charge in [-0.25, -0.2) is 0 Å². The molecule has 0 unspecified atom stereocenters. The topological polar surface area (TPSA) is 62.0 Å². The molecule has 0 bridgehead atoms. The van der Waals surface area contributed by atoms with E-state index in [1.807, 2.05) is 0 Å². The molecule has 0 aliphatic carbocycles. The Kier molecular flexibility index (Phi) is 4.18. The predicted octanol–water partition coefficient (Wildman–Crippen LogP) is 2.95. The van der Waals surface area contributed by atoms with E-state index in [0.29, 0.717) is 17.1 Å². The van der Waals surface area contributed by atoms with Crippen molar-refractivity contribution in [3.8, 4) is 0 Å². The number of hydrogen-bond donors (Lipinski definition) is 2. The normalized spacial score (nSPS) is 10.5. The summed E-state index contributed by atoms with van der Waals surface area (Å²) in [5.41, 5.74) is 0.711. The summed E-state index contributed by atoms with van der Waals surface area (Å²) in [6, 6.07) is 1.75. The van der Waals surface area contributed by atoms with E-state index in [4.69, 9.17) is 0 Å². The maximum atomic E-state index is 11.8. The van der Waals surface area contributed by atoms with Crippen LogP contribution in [0.15, 0.2) is 24.5 Å². The Morgan fingerprint density at radius 1 is 1.47 bits per heavy atom. The number of thiazole rings is 1. The van der Waals surface area contributed by atoms with Gasteiger partial charge in [0.15, 0.2) is 0 Å². The quantitative estimate of drug-likeness (QED) is 0.836. The van der Waals surface area contributed by atoms with Crippen molar-refractivity contribution in [3.63, 3.8) is 0 Å². The van der Waals surface area contributed by atoms with Crippen molar-refractivity contribution in [2.75, 3.05) is 0 Å². The monoisotopic (exact) mass is 396 g/mol. The molecule has 0 aliphatic heterocycles. The smallest absolute Gasteiger partial charge is 0.304 e. The van der Waals surface area contributed by atoms with Crippen LogP contribution >= 0.6 is 54.5 Å². The van der Waals surface area contributed by atoms with Gasteiger partial charge in [-0.3, -0.25) is 9.59 Å². The molecule has 0 aliphatic rings. The van der Waals surface area contributed by atoms with Gasteiger partial charge in [0.2, 0.25) is 0 Å². The minimum absolute atomic E-state index is 0.115. The molecule has 1 amide bonds. The van der Waals surface area contributed by atoms with Gasteiger partial charge in [0.25, 0.3) is 5.91 Å². The molecular weight excluding hydrogens is 392 g/mol. The van der Waals surface area contributed by atoms with Crippen molar-refractivity contribution in [2.45, 2.75) is 6.54 Å². The van der Waals surface area contributed by atoms with Gasteiger partial charge in [-0.2, -0.15) is 0 Å². The van der Waals surface area contributed by atoms with Crippen LogP contribution in [-0.4, -0.2) is 10.9 Å². The number of amides is 1. The fourth-order valence-corrected chi connectivity index (χ4v) is 3.66. The third kappa shape index (κ3) is 3.27. The third-order valence-corrected chi connectivity index (χ3v) is 5.85. The number of carbonyl (C=O) groups excluding carboxylic acids is 1. The lowest BCUT2D eigenvalue weighted by atomic mass is 10.4. The molecule has 0 saturated carbocycles. The summed E-state index contributed by atoms with van der Waals surface area (Å²) in [6.45, 7) is 0.324. The summed E-state index contributed by atoms with van der Waals surface area (Å²) in [6.07, 6.45) is 0. The molecule has 2 aromatic heterocycles. The average Bonchev–Trinajstić information content (AvgIpc) is 2.83. The van der Waals surface area contributed by atoms with E-state index in [9.17, 15) is 9.59 Å². The molecule has 2 heterocycles. The van der Waals surface area contributed by atoms with Gasteiger partial charge in [0, 0.05) is 15.5 Å².